The van der Waals surface area contributed by atoms with Gasteiger partial charge in [-0.2, -0.15) is 0 Å². The Morgan fingerprint density at radius 2 is 2.75 bits per heavy atom. The summed E-state index contributed by atoms with van der Waals surface area (Å²) in [6.45, 7) is 0. The van der Waals surface area contributed by atoms with Crippen LogP contribution in [0.1, 0.15) is 0 Å². The van der Waals surface area contributed by atoms with Gasteiger partial charge in [-0.1, -0.05) is 0 Å². The Labute approximate surface area is 57.9 Å². The summed E-state index contributed by atoms with van der Waals surface area (Å²) in [5.41, 5.74) is 0. The number of H-pyrrole nitrogens is 1. The standard InChI is InChI=1S/C4H5N3.W/c1-5-4-6-2-3-7-4;/h1-3H,(H2,5,6,7);. The van der Waals surface area contributed by atoms with E-state index in [4.69, 9.17) is 0 Å². The second kappa shape index (κ2) is 2.77. The SMILES string of the molecule is [W]=[CH]Nc1ncc[nH]1. The van der Waals surface area contributed by atoms with Crippen LogP contribution in [0.25, 0.3) is 0 Å². The molecule has 8 heavy (non-hydrogen) atoms. The zero-order chi connectivity index (χ0) is 5.82. The zero-order valence-corrected chi connectivity index (χ0v) is 7.02. The van der Waals surface area contributed by atoms with E-state index in [9.17, 15) is 0 Å². The Bertz CT molecular complexity index is 158. The van der Waals surface area contributed by atoms with E-state index in [0.717, 1.165) is 5.95 Å². The first-order valence-corrected chi connectivity index (χ1v) is 3.82. The molecule has 42 valence electrons. The fourth-order valence-corrected chi connectivity index (χ4v) is 0.801. The Hall–Kier alpha value is -0.432. The molecule has 1 heterocycles. The van der Waals surface area contributed by atoms with E-state index in [-0.39, 0.29) is 0 Å². The molecule has 0 unspecified atom stereocenters. The molecular formula is C4H5N3W. The van der Waals surface area contributed by atoms with Crippen LogP contribution in [0.2, 0.25) is 0 Å². The van der Waals surface area contributed by atoms with Gasteiger partial charge in [-0.25, -0.2) is 0 Å². The third kappa shape index (κ3) is 1.27. The van der Waals surface area contributed by atoms with Crippen LogP contribution in [0.5, 0.6) is 0 Å². The van der Waals surface area contributed by atoms with E-state index in [1.165, 1.54) is 19.4 Å². The second-order valence-electron chi connectivity index (χ2n) is 1.20. The predicted molar refractivity (Wildman–Crippen MR) is 28.3 cm³/mol. The number of aromatic amines is 1. The summed E-state index contributed by atoms with van der Waals surface area (Å²) in [5, 5.41) is 2.93. The van der Waals surface area contributed by atoms with Crippen LogP contribution in [0.3, 0.4) is 0 Å². The van der Waals surface area contributed by atoms with Gasteiger partial charge in [0.1, 0.15) is 0 Å². The first-order valence-electron chi connectivity index (χ1n) is 2.13. The number of hydrogen-bond acceptors (Lipinski definition) is 2. The van der Waals surface area contributed by atoms with Crippen molar-refractivity contribution in [2.45, 2.75) is 0 Å². The van der Waals surface area contributed by atoms with Gasteiger partial charge < -0.3 is 0 Å². The van der Waals surface area contributed by atoms with Crippen LogP contribution in [-0.4, -0.2) is 14.5 Å². The van der Waals surface area contributed by atoms with E-state index in [1.54, 1.807) is 12.4 Å². The molecule has 1 rings (SSSR count). The second-order valence-corrected chi connectivity index (χ2v) is 2.05. The molecule has 0 bridgehead atoms. The van der Waals surface area contributed by atoms with Gasteiger partial charge in [0.25, 0.3) is 0 Å². The van der Waals surface area contributed by atoms with Crippen LogP contribution in [0.4, 0.5) is 5.95 Å². The van der Waals surface area contributed by atoms with Gasteiger partial charge in [0.15, 0.2) is 0 Å². The van der Waals surface area contributed by atoms with Gasteiger partial charge in [-0.3, -0.25) is 0 Å². The van der Waals surface area contributed by atoms with Crippen molar-refractivity contribution in [2.24, 2.45) is 0 Å². The van der Waals surface area contributed by atoms with Crippen LogP contribution in [-0.2, 0) is 19.4 Å². The molecule has 0 saturated carbocycles. The van der Waals surface area contributed by atoms with Gasteiger partial charge in [0.05, 0.1) is 0 Å². The van der Waals surface area contributed by atoms with E-state index in [2.05, 4.69) is 15.3 Å². The van der Waals surface area contributed by atoms with Crippen molar-refractivity contribution in [1.29, 1.82) is 0 Å². The summed E-state index contributed by atoms with van der Waals surface area (Å²) < 4.78 is 1.90. The number of anilines is 1. The third-order valence-corrected chi connectivity index (χ3v) is 1.12. The maximum absolute atomic E-state index is 3.92. The number of aromatic nitrogens is 2. The van der Waals surface area contributed by atoms with Crippen LogP contribution >= 0.6 is 0 Å². The third-order valence-electron chi connectivity index (χ3n) is 0.694. The molecule has 0 amide bonds. The summed E-state index contributed by atoms with van der Waals surface area (Å²) in [7, 11) is 0. The monoisotopic (exact) mass is 279 g/mol. The van der Waals surface area contributed by atoms with Crippen LogP contribution in [0.15, 0.2) is 12.4 Å². The average molecular weight is 279 g/mol. The summed E-state index contributed by atoms with van der Waals surface area (Å²) in [5.74, 6) is 0.806. The molecule has 0 aliphatic heterocycles. The average Bonchev–Trinajstić information content (AvgIpc) is 2.19. The van der Waals surface area contributed by atoms with Gasteiger partial charge in [-0.15, -0.1) is 0 Å². The van der Waals surface area contributed by atoms with Crippen molar-refractivity contribution < 1.29 is 19.4 Å². The molecule has 0 radical (unpaired) electrons. The molecule has 0 spiro atoms. The predicted octanol–water partition coefficient (Wildman–Crippen LogP) is 0.128. The number of hydrogen-bond donors (Lipinski definition) is 2. The molecule has 0 fully saturated rings. The molecule has 0 aromatic carbocycles. The maximum atomic E-state index is 3.92. The summed E-state index contributed by atoms with van der Waals surface area (Å²) in [6, 6.07) is 0. The van der Waals surface area contributed by atoms with Gasteiger partial charge >= 0.3 is 57.5 Å². The normalized spacial score (nSPS) is 8.50. The minimum absolute atomic E-state index is 0.806. The number of nitrogens with one attached hydrogen (secondary N) is 2. The van der Waals surface area contributed by atoms with E-state index in [0.29, 0.717) is 0 Å². The molecule has 2 N–H and O–H groups in total. The van der Waals surface area contributed by atoms with E-state index >= 15 is 0 Å². The van der Waals surface area contributed by atoms with Crippen molar-refractivity contribution in [2.75, 3.05) is 5.32 Å². The molecule has 0 aliphatic carbocycles. The summed E-state index contributed by atoms with van der Waals surface area (Å²) >= 11 is 1.39. The van der Waals surface area contributed by atoms with Crippen molar-refractivity contribution in [1.82, 2.24) is 9.97 Å². The Kier molecular flexibility index (Phi) is 1.98. The number of rotatable bonds is 2. The first-order chi connectivity index (χ1) is 3.93. The minimum atomic E-state index is 0.806. The Morgan fingerprint density at radius 3 is 3.25 bits per heavy atom. The van der Waals surface area contributed by atoms with E-state index < -0.39 is 0 Å². The topological polar surface area (TPSA) is 40.7 Å². The summed E-state index contributed by atoms with van der Waals surface area (Å²) in [4.78, 5) is 6.82. The quantitative estimate of drug-likeness (QED) is 0.807. The van der Waals surface area contributed by atoms with Crippen molar-refractivity contribution in [3.8, 4) is 0 Å². The molecule has 0 atom stereocenters. The Balaban J connectivity index is 2.62. The van der Waals surface area contributed by atoms with Gasteiger partial charge in [-0.05, 0) is 0 Å². The number of nitrogens with zero attached hydrogens (tertiary/aromatic N) is 1. The number of imidazole rings is 1. The molecule has 1 aromatic rings. The molecule has 0 saturated heterocycles. The van der Waals surface area contributed by atoms with Crippen molar-refractivity contribution >= 4 is 10.5 Å². The first kappa shape index (κ1) is 5.70. The van der Waals surface area contributed by atoms with Crippen LogP contribution in [0, 0.1) is 0 Å². The molecule has 4 heteroatoms. The summed E-state index contributed by atoms with van der Waals surface area (Å²) in [6.07, 6.45) is 3.49. The molecule has 1 aromatic heterocycles. The van der Waals surface area contributed by atoms with Crippen LogP contribution < -0.4 is 5.32 Å². The fraction of sp³-hybridized carbons (Fsp3) is 0. The molecular weight excluding hydrogens is 274 g/mol. The van der Waals surface area contributed by atoms with Gasteiger partial charge in [0, 0.05) is 0 Å². The van der Waals surface area contributed by atoms with Gasteiger partial charge in [0.2, 0.25) is 0 Å². The molecule has 3 nitrogen and oxygen atoms in total. The van der Waals surface area contributed by atoms with E-state index in [1.807, 2.05) is 4.52 Å². The van der Waals surface area contributed by atoms with Crippen molar-refractivity contribution in [3.05, 3.63) is 12.4 Å². The molecule has 0 aliphatic rings. The van der Waals surface area contributed by atoms with Crippen molar-refractivity contribution in [3.63, 3.8) is 0 Å². The Morgan fingerprint density at radius 1 is 1.88 bits per heavy atom. The fourth-order valence-electron chi connectivity index (χ4n) is 0.400. The zero-order valence-electron chi connectivity index (χ0n) is 4.09.